The van der Waals surface area contributed by atoms with Crippen LogP contribution in [0, 0.1) is 23.0 Å². The fourth-order valence-corrected chi connectivity index (χ4v) is 9.19. The molecular formula is C36H30ClF5N8O2S. The minimum atomic E-state index is -2.82. The molecule has 0 aliphatic carbocycles. The van der Waals surface area contributed by atoms with Crippen molar-refractivity contribution in [2.24, 2.45) is 0 Å². The fraction of sp³-hybridized carbons (Fsp3) is 0.333. The Morgan fingerprint density at radius 2 is 2.00 bits per heavy atom. The Balaban J connectivity index is 1.38. The topological polar surface area (TPSA) is 139 Å². The molecule has 3 aliphatic heterocycles. The van der Waals surface area contributed by atoms with Gasteiger partial charge in [-0.05, 0) is 43.2 Å². The smallest absolute Gasteiger partial charge is 0.319 e. The van der Waals surface area contributed by atoms with E-state index in [0.717, 1.165) is 23.8 Å². The number of nitriles is 1. The molecule has 5 aromatic rings. The Bertz CT molecular complexity index is 2360. The SMILES string of the molecule is N#Cc1c(N)sc2c(F)ccc(-c3c(Cl)c4c5c(nc(OC[C@@]67CCCN6C[C@H](F)C7)nc5c3F)N([C@H](/C=C/C(F)F)c3cccnc3N)CCO4)c12. The third-order valence-electron chi connectivity index (χ3n) is 10.2. The van der Waals surface area contributed by atoms with Crippen LogP contribution in [-0.4, -0.2) is 70.8 Å². The van der Waals surface area contributed by atoms with Gasteiger partial charge in [0.2, 0.25) is 0 Å². The van der Waals surface area contributed by atoms with Crippen LogP contribution in [0.4, 0.5) is 38.6 Å². The van der Waals surface area contributed by atoms with Crippen molar-refractivity contribution in [2.45, 2.75) is 43.4 Å². The van der Waals surface area contributed by atoms with Gasteiger partial charge in [-0.15, -0.1) is 11.3 Å². The number of nitrogens with two attached hydrogens (primary N) is 2. The lowest BCUT2D eigenvalue weighted by Gasteiger charge is -2.32. The van der Waals surface area contributed by atoms with Crippen molar-refractivity contribution in [3.8, 4) is 29.0 Å². The van der Waals surface area contributed by atoms with Crippen LogP contribution in [0.1, 0.15) is 36.4 Å². The highest BCUT2D eigenvalue weighted by molar-refractivity contribution is 7.23. The molecule has 10 nitrogen and oxygen atoms in total. The monoisotopic (exact) mass is 768 g/mol. The third kappa shape index (κ3) is 5.81. The molecule has 0 amide bonds. The van der Waals surface area contributed by atoms with Crippen molar-refractivity contribution >= 4 is 60.6 Å². The molecule has 0 saturated carbocycles. The van der Waals surface area contributed by atoms with Crippen LogP contribution in [-0.2, 0) is 0 Å². The molecular weight excluding hydrogens is 739 g/mol. The number of allylic oxidation sites excluding steroid dienone is 1. The highest BCUT2D eigenvalue weighted by Gasteiger charge is 2.49. The fourth-order valence-electron chi connectivity index (χ4n) is 7.90. The number of alkyl halides is 3. The van der Waals surface area contributed by atoms with Gasteiger partial charge >= 0.3 is 6.01 Å². The van der Waals surface area contributed by atoms with E-state index < -0.39 is 35.8 Å². The Hall–Kier alpha value is -4.98. The first kappa shape index (κ1) is 35.1. The molecule has 0 radical (unpaired) electrons. The van der Waals surface area contributed by atoms with E-state index in [1.807, 2.05) is 11.0 Å². The molecule has 2 fully saturated rings. The molecule has 3 aliphatic rings. The zero-order valence-electron chi connectivity index (χ0n) is 27.8. The molecule has 8 rings (SSSR count). The second-order valence-electron chi connectivity index (χ2n) is 13.2. The van der Waals surface area contributed by atoms with Crippen LogP contribution in [0.3, 0.4) is 0 Å². The van der Waals surface area contributed by atoms with Crippen LogP contribution in [0.2, 0.25) is 5.02 Å². The van der Waals surface area contributed by atoms with Crippen LogP contribution in [0.25, 0.3) is 32.1 Å². The van der Waals surface area contributed by atoms with E-state index in [0.29, 0.717) is 24.6 Å². The second-order valence-corrected chi connectivity index (χ2v) is 14.6. The molecule has 6 heterocycles. The molecule has 2 saturated heterocycles. The molecule has 0 bridgehead atoms. The highest BCUT2D eigenvalue weighted by atomic mass is 35.5. The van der Waals surface area contributed by atoms with Gasteiger partial charge in [-0.1, -0.05) is 29.8 Å². The largest absolute Gasteiger partial charge is 0.489 e. The summed E-state index contributed by atoms with van der Waals surface area (Å²) in [5, 5.41) is 9.85. The molecule has 274 valence electrons. The number of nitrogens with zero attached hydrogens (tertiary/aromatic N) is 6. The summed E-state index contributed by atoms with van der Waals surface area (Å²) in [7, 11) is 0. The zero-order chi connectivity index (χ0) is 37.2. The lowest BCUT2D eigenvalue weighted by molar-refractivity contribution is 0.107. The number of benzene rings is 2. The Morgan fingerprint density at radius 1 is 1.17 bits per heavy atom. The lowest BCUT2D eigenvalue weighted by atomic mass is 9.95. The molecule has 3 atom stereocenters. The van der Waals surface area contributed by atoms with Gasteiger partial charge in [0.05, 0.1) is 38.8 Å². The minimum Gasteiger partial charge on any atom is -0.489 e. The summed E-state index contributed by atoms with van der Waals surface area (Å²) < 4.78 is 87.0. The number of hydrogen-bond acceptors (Lipinski definition) is 11. The molecule has 0 spiro atoms. The first-order valence-corrected chi connectivity index (χ1v) is 17.9. The van der Waals surface area contributed by atoms with Crippen LogP contribution in [0.15, 0.2) is 42.6 Å². The van der Waals surface area contributed by atoms with Gasteiger partial charge in [0.15, 0.2) is 11.6 Å². The van der Waals surface area contributed by atoms with E-state index in [1.54, 1.807) is 17.0 Å². The summed E-state index contributed by atoms with van der Waals surface area (Å²) in [5.41, 5.74) is 11.6. The van der Waals surface area contributed by atoms with E-state index in [9.17, 15) is 18.4 Å². The minimum absolute atomic E-state index is 0.00630. The summed E-state index contributed by atoms with van der Waals surface area (Å²) in [4.78, 5) is 17.0. The van der Waals surface area contributed by atoms with Gasteiger partial charge in [-0.25, -0.2) is 26.9 Å². The van der Waals surface area contributed by atoms with E-state index in [-0.39, 0.29) is 104 Å². The van der Waals surface area contributed by atoms with Crippen molar-refractivity contribution in [1.29, 1.82) is 5.26 Å². The Morgan fingerprint density at radius 3 is 2.77 bits per heavy atom. The summed E-state index contributed by atoms with van der Waals surface area (Å²) in [6.45, 7) is 0.906. The average molecular weight is 769 g/mol. The van der Waals surface area contributed by atoms with E-state index in [4.69, 9.17) is 37.5 Å². The van der Waals surface area contributed by atoms with Crippen LogP contribution >= 0.6 is 22.9 Å². The molecule has 2 aromatic carbocycles. The van der Waals surface area contributed by atoms with Crippen molar-refractivity contribution in [3.05, 3.63) is 70.4 Å². The zero-order valence-corrected chi connectivity index (χ0v) is 29.3. The number of ether oxygens (including phenoxy) is 2. The second kappa shape index (κ2) is 13.5. The van der Waals surface area contributed by atoms with Gasteiger partial charge < -0.3 is 25.8 Å². The third-order valence-corrected chi connectivity index (χ3v) is 11.6. The number of fused-ring (bicyclic) bond motifs is 2. The maximum atomic E-state index is 17.4. The number of pyridine rings is 1. The molecule has 0 unspecified atom stereocenters. The van der Waals surface area contributed by atoms with Gasteiger partial charge in [0.1, 0.15) is 53.4 Å². The number of thiophene rings is 1. The Kier molecular flexibility index (Phi) is 8.91. The number of hydrogen-bond donors (Lipinski definition) is 2. The summed E-state index contributed by atoms with van der Waals surface area (Å²) in [5.74, 6) is -1.57. The predicted octanol–water partition coefficient (Wildman–Crippen LogP) is 7.59. The van der Waals surface area contributed by atoms with E-state index >= 15 is 8.78 Å². The van der Waals surface area contributed by atoms with Gasteiger partial charge in [-0.3, -0.25) is 4.90 Å². The first-order valence-electron chi connectivity index (χ1n) is 16.7. The predicted molar refractivity (Wildman–Crippen MR) is 192 cm³/mol. The number of rotatable bonds is 8. The average Bonchev–Trinajstić information content (AvgIpc) is 3.73. The molecule has 4 N–H and O–H groups in total. The number of anilines is 3. The number of halogens is 6. The van der Waals surface area contributed by atoms with Crippen LogP contribution < -0.4 is 25.8 Å². The van der Waals surface area contributed by atoms with Gasteiger partial charge in [0, 0.05) is 35.7 Å². The molecule has 17 heteroatoms. The van der Waals surface area contributed by atoms with Crippen LogP contribution in [0.5, 0.6) is 11.8 Å². The van der Waals surface area contributed by atoms with E-state index in [2.05, 4.69) is 9.97 Å². The molecule has 3 aromatic heterocycles. The summed E-state index contributed by atoms with van der Waals surface area (Å²) >= 11 is 7.87. The van der Waals surface area contributed by atoms with Crippen molar-refractivity contribution in [3.63, 3.8) is 0 Å². The maximum absolute atomic E-state index is 17.4. The van der Waals surface area contributed by atoms with Crippen molar-refractivity contribution in [2.75, 3.05) is 49.2 Å². The van der Waals surface area contributed by atoms with Crippen molar-refractivity contribution in [1.82, 2.24) is 19.9 Å². The lowest BCUT2D eigenvalue weighted by Crippen LogP contribution is -2.43. The quantitative estimate of drug-likeness (QED) is 0.120. The summed E-state index contributed by atoms with van der Waals surface area (Å²) in [6, 6.07) is 6.37. The normalized spacial score (nSPS) is 20.6. The van der Waals surface area contributed by atoms with Gasteiger partial charge in [0.25, 0.3) is 6.43 Å². The Labute approximate surface area is 308 Å². The maximum Gasteiger partial charge on any atom is 0.319 e. The van der Waals surface area contributed by atoms with Crippen molar-refractivity contribution < 1.29 is 31.4 Å². The number of nitrogen functional groups attached to an aromatic ring is 2. The summed E-state index contributed by atoms with van der Waals surface area (Å²) in [6.07, 6.45) is 1.33. The van der Waals surface area contributed by atoms with Gasteiger partial charge in [-0.2, -0.15) is 15.2 Å². The highest BCUT2D eigenvalue weighted by Crippen LogP contribution is 2.52. The van der Waals surface area contributed by atoms with E-state index in [1.165, 1.54) is 18.3 Å². The molecule has 53 heavy (non-hydrogen) atoms. The standard InChI is InChI=1S/C36H30ClF5N8O2S/c37-27-25(19-4-5-21(39)31-24(19)20(14-43)33(45)53-31)28(42)29-26-30(27)51-12-11-50(22(6-7-23(40)41)18-3-1-9-46-32(18)44)34(26)48-35(47-29)52-16-36-8-2-10-49(36)15-17(38)13-36/h1,3-7,9,17,22-23H,2,8,10-13,15-16,45H2,(H2,44,46)/b7-6+/t17-,22-,36+/m1/s1. The first-order chi connectivity index (χ1) is 25.5. The number of aromatic nitrogens is 3.